The van der Waals surface area contributed by atoms with Crippen LogP contribution in [0.1, 0.15) is 5.69 Å². The van der Waals surface area contributed by atoms with Gasteiger partial charge in [0.1, 0.15) is 0 Å². The molecule has 0 aliphatic heterocycles. The maximum absolute atomic E-state index is 4.59. The van der Waals surface area contributed by atoms with Gasteiger partial charge in [0.15, 0.2) is 0 Å². The minimum Gasteiger partial charge on any atom is -0.255 e. The second-order valence-electron chi connectivity index (χ2n) is 3.92. The summed E-state index contributed by atoms with van der Waals surface area (Å²) in [6.07, 6.45) is 8.50. The van der Waals surface area contributed by atoms with Crippen LogP contribution in [-0.4, -0.2) is 16.2 Å². The molecule has 2 heterocycles. The average molecular weight is 261 g/mol. The highest BCUT2D eigenvalue weighted by molar-refractivity contribution is 5.79. The quantitative estimate of drug-likeness (QED) is 0.604. The van der Waals surface area contributed by atoms with Gasteiger partial charge in [0.25, 0.3) is 0 Å². The molecule has 2 rings (SSSR count). The molecule has 2 aromatic heterocycles. The third-order valence-electron chi connectivity index (χ3n) is 2.53. The molecular weight excluding hydrogens is 246 g/mol. The Morgan fingerprint density at radius 3 is 2.55 bits per heavy atom. The molecule has 3 nitrogen and oxygen atoms in total. The van der Waals surface area contributed by atoms with Crippen molar-refractivity contribution in [1.29, 1.82) is 0 Å². The predicted molar refractivity (Wildman–Crippen MR) is 84.3 cm³/mol. The van der Waals surface area contributed by atoms with Crippen LogP contribution in [0.5, 0.6) is 0 Å². The van der Waals surface area contributed by atoms with E-state index in [1.54, 1.807) is 24.6 Å². The fourth-order valence-electron chi connectivity index (χ4n) is 1.67. The number of aliphatic imine (C=N–C) groups is 1. The number of allylic oxidation sites excluding steroid dienone is 3. The Labute approximate surface area is 118 Å². The van der Waals surface area contributed by atoms with Gasteiger partial charge in [-0.1, -0.05) is 37.4 Å². The van der Waals surface area contributed by atoms with Gasteiger partial charge in [0, 0.05) is 12.4 Å². The minimum atomic E-state index is 0.734. The molecule has 0 unspecified atom stereocenters. The SMILES string of the molecule is C=CC=N/C(=C\C=C)c1cccc(-c2ccccn2)n1. The fourth-order valence-corrected chi connectivity index (χ4v) is 1.67. The minimum absolute atomic E-state index is 0.734. The zero-order chi connectivity index (χ0) is 14.2. The number of rotatable bonds is 5. The standard InChI is InChI=1S/C17H15N3/c1-3-8-14(18-12-4-2)16-10-7-11-17(20-16)15-9-5-6-13-19-15/h3-13H,1-2H2/b14-8-,18-12?. The maximum atomic E-state index is 4.59. The first kappa shape index (κ1) is 13.6. The van der Waals surface area contributed by atoms with Gasteiger partial charge in [-0.3, -0.25) is 9.98 Å². The van der Waals surface area contributed by atoms with Crippen molar-refractivity contribution in [2.45, 2.75) is 0 Å². The van der Waals surface area contributed by atoms with E-state index in [9.17, 15) is 0 Å². The van der Waals surface area contributed by atoms with Crippen LogP contribution < -0.4 is 0 Å². The van der Waals surface area contributed by atoms with Crippen molar-refractivity contribution in [2.75, 3.05) is 0 Å². The van der Waals surface area contributed by atoms with E-state index in [4.69, 9.17) is 0 Å². The zero-order valence-corrected chi connectivity index (χ0v) is 11.1. The van der Waals surface area contributed by atoms with Crippen LogP contribution >= 0.6 is 0 Å². The smallest absolute Gasteiger partial charge is 0.0894 e. The summed E-state index contributed by atoms with van der Waals surface area (Å²) in [4.78, 5) is 13.2. The molecule has 0 saturated carbocycles. The average Bonchev–Trinajstić information content (AvgIpc) is 2.52. The Balaban J connectivity index is 2.43. The van der Waals surface area contributed by atoms with E-state index in [1.807, 2.05) is 42.5 Å². The van der Waals surface area contributed by atoms with Crippen LogP contribution in [-0.2, 0) is 0 Å². The molecule has 2 aromatic rings. The molecule has 98 valence electrons. The number of aromatic nitrogens is 2. The molecule has 0 aliphatic carbocycles. The monoisotopic (exact) mass is 261 g/mol. The number of nitrogens with zero attached hydrogens (tertiary/aromatic N) is 3. The number of pyridine rings is 2. The number of hydrogen-bond donors (Lipinski definition) is 0. The van der Waals surface area contributed by atoms with E-state index in [2.05, 4.69) is 28.1 Å². The molecular formula is C17H15N3. The van der Waals surface area contributed by atoms with Crippen molar-refractivity contribution < 1.29 is 0 Å². The van der Waals surface area contributed by atoms with Gasteiger partial charge in [-0.25, -0.2) is 4.98 Å². The van der Waals surface area contributed by atoms with Gasteiger partial charge in [-0.15, -0.1) is 0 Å². The molecule has 0 aliphatic rings. The maximum Gasteiger partial charge on any atom is 0.0894 e. The molecule has 0 atom stereocenters. The third-order valence-corrected chi connectivity index (χ3v) is 2.53. The summed E-state index contributed by atoms with van der Waals surface area (Å²) >= 11 is 0. The van der Waals surface area contributed by atoms with Crippen LogP contribution in [0.15, 0.2) is 79.0 Å². The molecule has 0 saturated heterocycles. The summed E-state index contributed by atoms with van der Waals surface area (Å²) in [6, 6.07) is 11.5. The van der Waals surface area contributed by atoms with Crippen LogP contribution in [0.25, 0.3) is 17.1 Å². The molecule has 0 aromatic carbocycles. The van der Waals surface area contributed by atoms with Crippen molar-refractivity contribution in [3.8, 4) is 11.4 Å². The van der Waals surface area contributed by atoms with E-state index in [0.29, 0.717) is 0 Å². The summed E-state index contributed by atoms with van der Waals surface area (Å²) < 4.78 is 0. The van der Waals surface area contributed by atoms with Crippen LogP contribution in [0, 0.1) is 0 Å². The van der Waals surface area contributed by atoms with Crippen molar-refractivity contribution >= 4 is 11.9 Å². The lowest BCUT2D eigenvalue weighted by molar-refractivity contribution is 1.21. The van der Waals surface area contributed by atoms with E-state index < -0.39 is 0 Å². The van der Waals surface area contributed by atoms with E-state index in [0.717, 1.165) is 22.8 Å². The molecule has 3 heteroatoms. The predicted octanol–water partition coefficient (Wildman–Crippen LogP) is 3.93. The summed E-state index contributed by atoms with van der Waals surface area (Å²) in [5.41, 5.74) is 3.15. The normalized spacial score (nSPS) is 11.5. The largest absolute Gasteiger partial charge is 0.255 e. The lowest BCUT2D eigenvalue weighted by atomic mass is 10.2. The highest BCUT2D eigenvalue weighted by Gasteiger charge is 2.04. The Morgan fingerprint density at radius 2 is 1.85 bits per heavy atom. The summed E-state index contributed by atoms with van der Waals surface area (Å²) in [5, 5.41) is 0. The second-order valence-corrected chi connectivity index (χ2v) is 3.92. The van der Waals surface area contributed by atoms with Gasteiger partial charge in [-0.05, 0) is 30.3 Å². The van der Waals surface area contributed by atoms with Crippen molar-refractivity contribution in [3.63, 3.8) is 0 Å². The Hall–Kier alpha value is -2.81. The molecule has 0 radical (unpaired) electrons. The highest BCUT2D eigenvalue weighted by atomic mass is 14.8. The molecule has 0 fully saturated rings. The first-order valence-electron chi connectivity index (χ1n) is 6.22. The second kappa shape index (κ2) is 6.95. The van der Waals surface area contributed by atoms with Gasteiger partial charge < -0.3 is 0 Å². The Kier molecular flexibility index (Phi) is 4.73. The van der Waals surface area contributed by atoms with Crippen LogP contribution in [0.2, 0.25) is 0 Å². The third kappa shape index (κ3) is 3.36. The van der Waals surface area contributed by atoms with E-state index >= 15 is 0 Å². The van der Waals surface area contributed by atoms with Crippen molar-refractivity contribution in [1.82, 2.24) is 9.97 Å². The van der Waals surface area contributed by atoms with Crippen molar-refractivity contribution in [3.05, 3.63) is 79.7 Å². The van der Waals surface area contributed by atoms with Gasteiger partial charge >= 0.3 is 0 Å². The molecule has 0 spiro atoms. The van der Waals surface area contributed by atoms with Gasteiger partial charge in [0.05, 0.1) is 22.8 Å². The summed E-state index contributed by atoms with van der Waals surface area (Å²) in [6.45, 7) is 7.32. The molecule has 0 bridgehead atoms. The van der Waals surface area contributed by atoms with Gasteiger partial charge in [0.2, 0.25) is 0 Å². The lowest BCUT2D eigenvalue weighted by Crippen LogP contribution is -1.92. The summed E-state index contributed by atoms with van der Waals surface area (Å²) in [7, 11) is 0. The zero-order valence-electron chi connectivity index (χ0n) is 11.1. The first-order chi connectivity index (χ1) is 9.85. The molecule has 0 N–H and O–H groups in total. The summed E-state index contributed by atoms with van der Waals surface area (Å²) in [5.74, 6) is 0. The van der Waals surface area contributed by atoms with E-state index in [-0.39, 0.29) is 0 Å². The lowest BCUT2D eigenvalue weighted by Gasteiger charge is -2.04. The van der Waals surface area contributed by atoms with Gasteiger partial charge in [-0.2, -0.15) is 0 Å². The topological polar surface area (TPSA) is 38.1 Å². The first-order valence-corrected chi connectivity index (χ1v) is 6.22. The molecule has 0 amide bonds. The fraction of sp³-hybridized carbons (Fsp3) is 0. The molecule has 20 heavy (non-hydrogen) atoms. The van der Waals surface area contributed by atoms with E-state index in [1.165, 1.54) is 0 Å². The Morgan fingerprint density at radius 1 is 1.00 bits per heavy atom. The highest BCUT2D eigenvalue weighted by Crippen LogP contribution is 2.19. The van der Waals surface area contributed by atoms with Crippen LogP contribution in [0.3, 0.4) is 0 Å². The number of hydrogen-bond acceptors (Lipinski definition) is 3. The van der Waals surface area contributed by atoms with Crippen LogP contribution in [0.4, 0.5) is 0 Å². The van der Waals surface area contributed by atoms with Crippen molar-refractivity contribution in [2.24, 2.45) is 4.99 Å². The Bertz CT molecular complexity index is 655.